The van der Waals surface area contributed by atoms with E-state index >= 15 is 0 Å². The summed E-state index contributed by atoms with van der Waals surface area (Å²) in [5.41, 5.74) is 0.523. The minimum Gasteiger partial charge on any atom is -0.465 e. The highest BCUT2D eigenvalue weighted by Crippen LogP contribution is 2.30. The van der Waals surface area contributed by atoms with Crippen LogP contribution in [0.2, 0.25) is 0 Å². The maximum Gasteiger partial charge on any atom is 0.407 e. The molecule has 2 fully saturated rings. The van der Waals surface area contributed by atoms with Gasteiger partial charge in [0, 0.05) is 12.1 Å². The molecular formula is C14H14N2O4. The molecule has 0 aliphatic carbocycles. The van der Waals surface area contributed by atoms with Crippen LogP contribution in [0.15, 0.2) is 30.3 Å². The van der Waals surface area contributed by atoms with Gasteiger partial charge in [0.05, 0.1) is 12.6 Å². The van der Waals surface area contributed by atoms with Crippen LogP contribution in [0, 0.1) is 0 Å². The van der Waals surface area contributed by atoms with Crippen molar-refractivity contribution in [1.82, 2.24) is 9.80 Å². The first-order valence-electron chi connectivity index (χ1n) is 6.48. The van der Waals surface area contributed by atoms with Gasteiger partial charge in [-0.15, -0.1) is 0 Å². The van der Waals surface area contributed by atoms with Crippen LogP contribution >= 0.6 is 0 Å². The van der Waals surface area contributed by atoms with Crippen LogP contribution < -0.4 is 0 Å². The van der Waals surface area contributed by atoms with E-state index in [0.717, 1.165) is 4.90 Å². The van der Waals surface area contributed by atoms with Gasteiger partial charge in [0.1, 0.15) is 6.04 Å². The number of hydrogen-bond acceptors (Lipinski definition) is 3. The number of amides is 2. The number of hydrogen-bond donors (Lipinski definition) is 1. The van der Waals surface area contributed by atoms with Crippen molar-refractivity contribution < 1.29 is 19.5 Å². The number of carboxylic acid groups (broad SMARTS) is 1. The Bertz CT molecular complexity index is 572. The maximum absolute atomic E-state index is 12.4. The van der Waals surface area contributed by atoms with E-state index in [2.05, 4.69) is 0 Å². The van der Waals surface area contributed by atoms with E-state index in [0.29, 0.717) is 18.5 Å². The van der Waals surface area contributed by atoms with Crippen LogP contribution in [0.1, 0.15) is 16.8 Å². The summed E-state index contributed by atoms with van der Waals surface area (Å²) in [5.74, 6) is -0.405. The highest BCUT2D eigenvalue weighted by atomic mass is 16.4. The van der Waals surface area contributed by atoms with Crippen molar-refractivity contribution in [2.24, 2.45) is 0 Å². The van der Waals surface area contributed by atoms with Crippen LogP contribution in [0.5, 0.6) is 0 Å². The van der Waals surface area contributed by atoms with Gasteiger partial charge in [-0.2, -0.15) is 0 Å². The lowest BCUT2D eigenvalue weighted by Gasteiger charge is -2.23. The van der Waals surface area contributed by atoms with Crippen molar-refractivity contribution in [2.45, 2.75) is 18.5 Å². The van der Waals surface area contributed by atoms with Crippen molar-refractivity contribution in [1.29, 1.82) is 0 Å². The SMILES string of the molecule is O=C1CN(C(=O)c2ccccc2)[C@@H]2CCN(C(=O)O)[C@H]12. The molecule has 1 aromatic carbocycles. The molecule has 0 radical (unpaired) electrons. The molecule has 0 unspecified atom stereocenters. The van der Waals surface area contributed by atoms with Gasteiger partial charge in [0.25, 0.3) is 5.91 Å². The normalized spacial score (nSPS) is 24.9. The number of Topliss-reactive ketones (excluding diaryl/α,β-unsaturated/α-hetero) is 1. The number of carbonyl (C=O) groups excluding carboxylic acids is 2. The lowest BCUT2D eigenvalue weighted by Crippen LogP contribution is -2.42. The molecule has 2 aliphatic rings. The molecule has 6 nitrogen and oxygen atoms in total. The molecule has 0 aromatic heterocycles. The molecule has 2 amide bonds. The van der Waals surface area contributed by atoms with Crippen molar-refractivity contribution in [3.05, 3.63) is 35.9 Å². The standard InChI is InChI=1S/C14H14N2O4/c17-11-8-16(13(18)9-4-2-1-3-5-9)10-6-7-15(12(10)11)14(19)20/h1-5,10,12H,6-8H2,(H,19,20)/t10-,12+/m1/s1. The predicted molar refractivity (Wildman–Crippen MR) is 69.4 cm³/mol. The van der Waals surface area contributed by atoms with Gasteiger partial charge in [0.2, 0.25) is 0 Å². The average molecular weight is 274 g/mol. The Morgan fingerprint density at radius 3 is 2.50 bits per heavy atom. The zero-order valence-electron chi connectivity index (χ0n) is 10.7. The monoisotopic (exact) mass is 274 g/mol. The zero-order chi connectivity index (χ0) is 14.3. The lowest BCUT2D eigenvalue weighted by atomic mass is 10.1. The summed E-state index contributed by atoms with van der Waals surface area (Å²) in [6.07, 6.45) is -0.582. The van der Waals surface area contributed by atoms with Crippen molar-refractivity contribution in [3.8, 4) is 0 Å². The van der Waals surface area contributed by atoms with Gasteiger partial charge in [-0.3, -0.25) is 14.5 Å². The summed E-state index contributed by atoms with van der Waals surface area (Å²) in [6.45, 7) is 0.293. The summed E-state index contributed by atoms with van der Waals surface area (Å²) in [5, 5.41) is 9.09. The molecule has 1 N–H and O–H groups in total. The number of benzene rings is 1. The summed E-state index contributed by atoms with van der Waals surface area (Å²) in [6, 6.07) is 7.72. The maximum atomic E-state index is 12.4. The van der Waals surface area contributed by atoms with Gasteiger partial charge in [-0.1, -0.05) is 18.2 Å². The van der Waals surface area contributed by atoms with E-state index in [1.54, 1.807) is 24.3 Å². The molecule has 3 rings (SSSR count). The second-order valence-corrected chi connectivity index (χ2v) is 5.04. The Morgan fingerprint density at radius 2 is 1.85 bits per heavy atom. The topological polar surface area (TPSA) is 77.9 Å². The molecule has 0 saturated carbocycles. The Balaban J connectivity index is 1.86. The molecule has 6 heteroatoms. The minimum absolute atomic E-state index is 0.00710. The summed E-state index contributed by atoms with van der Waals surface area (Å²) in [7, 11) is 0. The summed E-state index contributed by atoms with van der Waals surface area (Å²) >= 11 is 0. The molecule has 0 spiro atoms. The van der Waals surface area contributed by atoms with Crippen LogP contribution in [0.25, 0.3) is 0 Å². The third-order valence-electron chi connectivity index (χ3n) is 3.95. The average Bonchev–Trinajstić information content (AvgIpc) is 3.01. The van der Waals surface area contributed by atoms with E-state index in [4.69, 9.17) is 5.11 Å². The van der Waals surface area contributed by atoms with Crippen LogP contribution in [-0.2, 0) is 4.79 Å². The fourth-order valence-electron chi connectivity index (χ4n) is 3.05. The second-order valence-electron chi connectivity index (χ2n) is 5.04. The molecule has 2 saturated heterocycles. The smallest absolute Gasteiger partial charge is 0.407 e. The van der Waals surface area contributed by atoms with Gasteiger partial charge in [0.15, 0.2) is 5.78 Å². The molecule has 2 aliphatic heterocycles. The minimum atomic E-state index is -1.10. The molecule has 20 heavy (non-hydrogen) atoms. The Kier molecular flexibility index (Phi) is 2.93. The van der Waals surface area contributed by atoms with E-state index in [1.165, 1.54) is 4.90 Å². The van der Waals surface area contributed by atoms with Crippen molar-refractivity contribution >= 4 is 17.8 Å². The van der Waals surface area contributed by atoms with Crippen molar-refractivity contribution in [2.75, 3.05) is 13.1 Å². The quantitative estimate of drug-likeness (QED) is 0.823. The summed E-state index contributed by atoms with van der Waals surface area (Å²) in [4.78, 5) is 38.2. The first-order chi connectivity index (χ1) is 9.59. The molecule has 1 aromatic rings. The third-order valence-corrected chi connectivity index (χ3v) is 3.95. The number of rotatable bonds is 1. The number of carbonyl (C=O) groups is 3. The van der Waals surface area contributed by atoms with E-state index in [1.807, 2.05) is 6.07 Å². The Hall–Kier alpha value is -2.37. The molecule has 104 valence electrons. The largest absolute Gasteiger partial charge is 0.465 e. The molecule has 2 atom stereocenters. The number of fused-ring (bicyclic) bond motifs is 1. The molecule has 0 bridgehead atoms. The molecular weight excluding hydrogens is 260 g/mol. The first-order valence-corrected chi connectivity index (χ1v) is 6.48. The highest BCUT2D eigenvalue weighted by molar-refractivity contribution is 6.01. The van der Waals surface area contributed by atoms with Gasteiger partial charge in [-0.25, -0.2) is 4.79 Å². The highest BCUT2D eigenvalue weighted by Gasteiger charge is 2.51. The number of nitrogens with zero attached hydrogens (tertiary/aromatic N) is 2. The number of likely N-dealkylation sites (tertiary alicyclic amines) is 2. The number of ketones is 1. The zero-order valence-corrected chi connectivity index (χ0v) is 10.7. The van der Waals surface area contributed by atoms with Gasteiger partial charge < -0.3 is 10.0 Å². The lowest BCUT2D eigenvalue weighted by molar-refractivity contribution is -0.120. The van der Waals surface area contributed by atoms with E-state index < -0.39 is 12.1 Å². The van der Waals surface area contributed by atoms with Gasteiger partial charge >= 0.3 is 6.09 Å². The molecule has 2 heterocycles. The predicted octanol–water partition coefficient (Wildman–Crippen LogP) is 0.832. The Morgan fingerprint density at radius 1 is 1.15 bits per heavy atom. The van der Waals surface area contributed by atoms with Crippen LogP contribution in [0.3, 0.4) is 0 Å². The first kappa shape index (κ1) is 12.7. The van der Waals surface area contributed by atoms with Crippen LogP contribution in [-0.4, -0.2) is 57.9 Å². The second kappa shape index (κ2) is 4.63. The van der Waals surface area contributed by atoms with E-state index in [9.17, 15) is 14.4 Å². The van der Waals surface area contributed by atoms with Crippen LogP contribution in [0.4, 0.5) is 4.79 Å². The fourth-order valence-corrected chi connectivity index (χ4v) is 3.05. The summed E-state index contributed by atoms with van der Waals surface area (Å²) < 4.78 is 0. The fraction of sp³-hybridized carbons (Fsp3) is 0.357. The third kappa shape index (κ3) is 1.84. The van der Waals surface area contributed by atoms with E-state index in [-0.39, 0.29) is 24.3 Å². The van der Waals surface area contributed by atoms with Crippen molar-refractivity contribution in [3.63, 3.8) is 0 Å². The van der Waals surface area contributed by atoms with Gasteiger partial charge in [-0.05, 0) is 18.6 Å². The Labute approximate surface area is 115 Å².